The molecule has 2 aliphatic rings. The average Bonchev–Trinajstić information content (AvgIpc) is 3.09. The van der Waals surface area contributed by atoms with E-state index in [-0.39, 0.29) is 54.2 Å². The van der Waals surface area contributed by atoms with Gasteiger partial charge in [-0.1, -0.05) is 6.07 Å². The van der Waals surface area contributed by atoms with E-state index >= 15 is 0 Å². The Morgan fingerprint density at radius 2 is 2.15 bits per heavy atom. The van der Waals surface area contributed by atoms with Crippen LogP contribution >= 0.6 is 23.1 Å². The minimum absolute atomic E-state index is 0. The van der Waals surface area contributed by atoms with Gasteiger partial charge in [0.25, 0.3) is 5.91 Å². The molecule has 0 unspecified atom stereocenters. The zero-order valence-corrected chi connectivity index (χ0v) is 18.4. The monoisotopic (exact) mass is 419 g/mol. The number of fused-ring (bicyclic) bond motifs is 1. The molecule has 2 N–H and O–H groups in total. The summed E-state index contributed by atoms with van der Waals surface area (Å²) in [4.78, 5) is 49.2. The molecule has 1 saturated heterocycles. The van der Waals surface area contributed by atoms with Gasteiger partial charge in [0.05, 0.1) is 6.42 Å². The minimum atomic E-state index is -1.26. The molecule has 0 saturated carbocycles. The molecule has 0 aliphatic carbocycles. The Morgan fingerprint density at radius 3 is 2.74 bits per heavy atom. The van der Waals surface area contributed by atoms with Gasteiger partial charge in [-0.15, -0.1) is 23.1 Å². The van der Waals surface area contributed by atoms with Crippen molar-refractivity contribution >= 4 is 46.9 Å². The van der Waals surface area contributed by atoms with E-state index in [2.05, 4.69) is 5.32 Å². The van der Waals surface area contributed by atoms with Crippen molar-refractivity contribution < 1.29 is 58.6 Å². The fraction of sp³-hybridized carbons (Fsp3) is 0.375. The Labute approximate surface area is 185 Å². The summed E-state index contributed by atoms with van der Waals surface area (Å²) in [6, 6.07) is 2.92. The van der Waals surface area contributed by atoms with Crippen molar-refractivity contribution in [2.45, 2.75) is 24.8 Å². The van der Waals surface area contributed by atoms with Gasteiger partial charge >= 0.3 is 41.5 Å². The minimum Gasteiger partial charge on any atom is -0.477 e. The van der Waals surface area contributed by atoms with Gasteiger partial charge < -0.3 is 15.2 Å². The van der Waals surface area contributed by atoms with Crippen LogP contribution in [0.4, 0.5) is 0 Å². The number of thiophene rings is 1. The normalized spacial score (nSPS) is 20.9. The molecule has 2 atom stereocenters. The molecule has 0 bridgehead atoms. The predicted molar refractivity (Wildman–Crippen MR) is 94.3 cm³/mol. The van der Waals surface area contributed by atoms with Gasteiger partial charge in [0.2, 0.25) is 5.91 Å². The molecular weight excluding hydrogens is 403 g/mol. The molecule has 2 aliphatic heterocycles. The molecule has 27 heavy (non-hydrogen) atoms. The summed E-state index contributed by atoms with van der Waals surface area (Å²) >= 11 is 2.79. The van der Waals surface area contributed by atoms with E-state index < -0.39 is 29.3 Å². The number of amides is 2. The first-order chi connectivity index (χ1) is 12.4. The Balaban J connectivity index is 0.00000261. The molecule has 3 heterocycles. The Morgan fingerprint density at radius 1 is 1.41 bits per heavy atom. The van der Waals surface area contributed by atoms with Crippen LogP contribution in [0.5, 0.6) is 0 Å². The number of hydrogen-bond acceptors (Lipinski definition) is 7. The van der Waals surface area contributed by atoms with Crippen molar-refractivity contribution in [1.29, 1.82) is 0 Å². The van der Waals surface area contributed by atoms with Crippen molar-refractivity contribution in [2.75, 3.05) is 12.4 Å². The zero-order chi connectivity index (χ0) is 18.8. The van der Waals surface area contributed by atoms with Gasteiger partial charge in [0.1, 0.15) is 23.7 Å². The molecule has 0 spiro atoms. The third-order valence-electron chi connectivity index (χ3n) is 3.93. The van der Waals surface area contributed by atoms with E-state index in [4.69, 9.17) is 4.74 Å². The summed E-state index contributed by atoms with van der Waals surface area (Å²) in [5.74, 6) is -2.23. The number of rotatable bonds is 6. The van der Waals surface area contributed by atoms with Crippen LogP contribution in [0.25, 0.3) is 0 Å². The quantitative estimate of drug-likeness (QED) is 0.300. The second-order valence-corrected chi connectivity index (χ2v) is 7.89. The number of nitrogens with one attached hydrogen (secondary N) is 1. The molecule has 138 valence electrons. The molecule has 0 aromatic carbocycles. The van der Waals surface area contributed by atoms with Crippen molar-refractivity contribution in [3.63, 3.8) is 0 Å². The van der Waals surface area contributed by atoms with Crippen LogP contribution in [0.3, 0.4) is 0 Å². The number of carboxylic acids is 1. The second kappa shape index (κ2) is 9.24. The number of aliphatic carboxylic acids is 1. The first kappa shape index (κ1) is 22.0. The van der Waals surface area contributed by atoms with E-state index in [1.165, 1.54) is 30.0 Å². The molecular formula is C16H16N2NaO6S2+. The van der Waals surface area contributed by atoms with Gasteiger partial charge in [-0.05, 0) is 11.4 Å². The molecule has 1 fully saturated rings. The fourth-order valence-electron chi connectivity index (χ4n) is 2.78. The van der Waals surface area contributed by atoms with E-state index in [1.54, 1.807) is 0 Å². The third kappa shape index (κ3) is 4.75. The third-order valence-corrected chi connectivity index (χ3v) is 6.15. The van der Waals surface area contributed by atoms with Crippen molar-refractivity contribution in [3.8, 4) is 0 Å². The van der Waals surface area contributed by atoms with Gasteiger partial charge in [0.15, 0.2) is 0 Å². The first-order valence-electron chi connectivity index (χ1n) is 7.73. The second-order valence-electron chi connectivity index (χ2n) is 5.75. The van der Waals surface area contributed by atoms with Gasteiger partial charge in [-0.2, -0.15) is 0 Å². The van der Waals surface area contributed by atoms with Crippen LogP contribution in [0.15, 0.2) is 28.8 Å². The van der Waals surface area contributed by atoms with Crippen LogP contribution < -0.4 is 34.9 Å². The van der Waals surface area contributed by atoms with Gasteiger partial charge in [-0.3, -0.25) is 19.3 Å². The van der Waals surface area contributed by atoms with Crippen molar-refractivity contribution in [2.24, 2.45) is 0 Å². The summed E-state index contributed by atoms with van der Waals surface area (Å²) in [7, 11) is 0. The predicted octanol–water partition coefficient (Wildman–Crippen LogP) is -2.40. The maximum atomic E-state index is 12.4. The summed E-state index contributed by atoms with van der Waals surface area (Å²) < 4.78 is 4.87. The summed E-state index contributed by atoms with van der Waals surface area (Å²) in [5.41, 5.74) is 0.203. The largest absolute Gasteiger partial charge is 1.00 e. The number of β-lactam (4-membered cyclic amide) rings is 1. The van der Waals surface area contributed by atoms with Crippen LogP contribution in [0.2, 0.25) is 0 Å². The van der Waals surface area contributed by atoms with Crippen LogP contribution in [0, 0.1) is 0 Å². The maximum absolute atomic E-state index is 12.4. The Bertz CT molecular complexity index is 795. The molecule has 2 amide bonds. The van der Waals surface area contributed by atoms with Crippen LogP contribution in [-0.4, -0.2) is 57.5 Å². The summed E-state index contributed by atoms with van der Waals surface area (Å²) in [6.07, 6.45) is 0.179. The topological polar surface area (TPSA) is 113 Å². The van der Waals surface area contributed by atoms with E-state index in [0.717, 1.165) is 9.78 Å². The Kier molecular flexibility index (Phi) is 7.52. The smallest absolute Gasteiger partial charge is 0.477 e. The van der Waals surface area contributed by atoms with Crippen molar-refractivity contribution in [3.05, 3.63) is 33.7 Å². The standard InChI is InChI=1S/C16H16N2O6S2.Na/c1-8(19)24-6-9-7-26-15-12(14(21)18(15)13(9)16(22)23)17-11(20)5-10-3-2-4-25-10;/h2-4,12,15H,5-7H2,1H3,(H,17,20)(H,22,23);/q;+1/t12-,15-;/m1./s1. The van der Waals surface area contributed by atoms with Crippen LogP contribution in [0.1, 0.15) is 11.8 Å². The SMILES string of the molecule is CC(=O)OCC1=C(C(=O)O)N2C(=O)[C@@H](NC(=O)Cc3cccs3)[C@H]2SC1.[Na+]. The van der Waals surface area contributed by atoms with Gasteiger partial charge in [-0.25, -0.2) is 4.79 Å². The van der Waals surface area contributed by atoms with E-state index in [1.807, 2.05) is 17.5 Å². The Hall–Kier alpha value is -1.33. The number of thioether (sulfide) groups is 1. The number of esters is 1. The molecule has 1 aromatic heterocycles. The summed E-state index contributed by atoms with van der Waals surface area (Å²) in [6.45, 7) is 1.06. The first-order valence-corrected chi connectivity index (χ1v) is 9.66. The number of carbonyl (C=O) groups excluding carboxylic acids is 3. The van der Waals surface area contributed by atoms with E-state index in [0.29, 0.717) is 11.3 Å². The number of ether oxygens (including phenoxy) is 1. The van der Waals surface area contributed by atoms with Crippen LogP contribution in [-0.2, 0) is 30.3 Å². The zero-order valence-electron chi connectivity index (χ0n) is 14.8. The number of carbonyl (C=O) groups is 4. The number of nitrogens with zero attached hydrogens (tertiary/aromatic N) is 1. The number of carboxylic acid groups (broad SMARTS) is 1. The molecule has 11 heteroatoms. The fourth-order valence-corrected chi connectivity index (χ4v) is 4.81. The molecule has 8 nitrogen and oxygen atoms in total. The summed E-state index contributed by atoms with van der Waals surface area (Å²) in [5, 5.41) is 13.5. The molecule has 3 rings (SSSR count). The van der Waals surface area contributed by atoms with Gasteiger partial charge in [0, 0.05) is 23.1 Å². The average molecular weight is 419 g/mol. The maximum Gasteiger partial charge on any atom is 1.00 e. The van der Waals surface area contributed by atoms with E-state index in [9.17, 15) is 24.3 Å². The number of hydrogen-bond donors (Lipinski definition) is 2. The molecule has 1 aromatic rings. The molecule has 0 radical (unpaired) electrons. The van der Waals surface area contributed by atoms with Crippen molar-refractivity contribution in [1.82, 2.24) is 10.2 Å².